The van der Waals surface area contributed by atoms with E-state index in [0.29, 0.717) is 25.1 Å². The molecule has 0 aliphatic heterocycles. The molecule has 0 atom stereocenters. The third-order valence-electron chi connectivity index (χ3n) is 3.89. The molecular weight excluding hydrogens is 270 g/mol. The number of amides is 1. The standard InChI is InChI=1S/C15H25N3O3/c1-6-15(7-2,14(20)21)16-13(19)12-9-11(10(4)5)17-18(12)8-3/h9-10H,6-8H2,1-5H3,(H,16,19)(H,20,21). The monoisotopic (exact) mass is 295 g/mol. The van der Waals surface area contributed by atoms with Gasteiger partial charge in [0.15, 0.2) is 0 Å². The van der Waals surface area contributed by atoms with Gasteiger partial charge in [-0.05, 0) is 31.7 Å². The van der Waals surface area contributed by atoms with E-state index in [0.717, 1.165) is 5.69 Å². The van der Waals surface area contributed by atoms with Crippen LogP contribution in [0.2, 0.25) is 0 Å². The molecule has 6 heteroatoms. The van der Waals surface area contributed by atoms with Gasteiger partial charge in [-0.2, -0.15) is 5.10 Å². The lowest BCUT2D eigenvalue weighted by atomic mass is 9.92. The van der Waals surface area contributed by atoms with Crippen LogP contribution in [0, 0.1) is 0 Å². The Hall–Kier alpha value is -1.85. The fraction of sp³-hybridized carbons (Fsp3) is 0.667. The summed E-state index contributed by atoms with van der Waals surface area (Å²) in [6.07, 6.45) is 0.670. The van der Waals surface area contributed by atoms with E-state index < -0.39 is 11.5 Å². The number of carbonyl (C=O) groups is 2. The van der Waals surface area contributed by atoms with E-state index in [-0.39, 0.29) is 11.8 Å². The summed E-state index contributed by atoms with van der Waals surface area (Å²) in [7, 11) is 0. The molecule has 1 aromatic rings. The van der Waals surface area contributed by atoms with Crippen LogP contribution in [0.15, 0.2) is 6.07 Å². The van der Waals surface area contributed by atoms with Crippen molar-refractivity contribution in [2.75, 3.05) is 0 Å². The van der Waals surface area contributed by atoms with Crippen molar-refractivity contribution < 1.29 is 14.7 Å². The van der Waals surface area contributed by atoms with Crippen LogP contribution in [-0.4, -0.2) is 32.3 Å². The molecular formula is C15H25N3O3. The van der Waals surface area contributed by atoms with Crippen molar-refractivity contribution in [3.63, 3.8) is 0 Å². The van der Waals surface area contributed by atoms with Crippen LogP contribution < -0.4 is 5.32 Å². The quantitative estimate of drug-likeness (QED) is 0.809. The van der Waals surface area contributed by atoms with Crippen LogP contribution in [0.25, 0.3) is 0 Å². The molecule has 1 amide bonds. The van der Waals surface area contributed by atoms with Gasteiger partial charge in [-0.3, -0.25) is 9.48 Å². The van der Waals surface area contributed by atoms with Crippen LogP contribution >= 0.6 is 0 Å². The van der Waals surface area contributed by atoms with Crippen molar-refractivity contribution in [3.8, 4) is 0 Å². The third-order valence-corrected chi connectivity index (χ3v) is 3.89. The van der Waals surface area contributed by atoms with Crippen LogP contribution in [0.1, 0.15) is 69.6 Å². The zero-order chi connectivity index (χ0) is 16.2. The summed E-state index contributed by atoms with van der Waals surface area (Å²) in [5.74, 6) is -1.18. The lowest BCUT2D eigenvalue weighted by Gasteiger charge is -2.28. The summed E-state index contributed by atoms with van der Waals surface area (Å²) in [5.41, 5.74) is 0.0161. The van der Waals surface area contributed by atoms with E-state index in [1.807, 2.05) is 20.8 Å². The number of nitrogens with zero attached hydrogens (tertiary/aromatic N) is 2. The van der Waals surface area contributed by atoms with Gasteiger partial charge in [0.25, 0.3) is 5.91 Å². The number of rotatable bonds is 7. The minimum Gasteiger partial charge on any atom is -0.480 e. The molecule has 0 saturated heterocycles. The van der Waals surface area contributed by atoms with Crippen molar-refractivity contribution in [2.45, 2.75) is 65.5 Å². The average molecular weight is 295 g/mol. The number of carbonyl (C=O) groups excluding carboxylic acids is 1. The summed E-state index contributed by atoms with van der Waals surface area (Å²) in [5, 5.41) is 16.5. The maximum absolute atomic E-state index is 12.5. The predicted molar refractivity (Wildman–Crippen MR) is 80.4 cm³/mol. The number of hydrogen-bond donors (Lipinski definition) is 2. The highest BCUT2D eigenvalue weighted by Gasteiger charge is 2.37. The Morgan fingerprint density at radius 2 is 1.90 bits per heavy atom. The molecule has 0 fully saturated rings. The lowest BCUT2D eigenvalue weighted by Crippen LogP contribution is -2.54. The number of carboxylic acid groups (broad SMARTS) is 1. The second-order valence-corrected chi connectivity index (χ2v) is 5.47. The third kappa shape index (κ3) is 3.43. The van der Waals surface area contributed by atoms with E-state index in [2.05, 4.69) is 10.4 Å². The summed E-state index contributed by atoms with van der Waals surface area (Å²) in [6, 6.07) is 1.74. The van der Waals surface area contributed by atoms with Crippen LogP contribution in [-0.2, 0) is 11.3 Å². The Labute approximate surface area is 125 Å². The molecule has 0 bridgehead atoms. The summed E-state index contributed by atoms with van der Waals surface area (Å²) in [4.78, 5) is 23.9. The molecule has 0 aliphatic rings. The zero-order valence-electron chi connectivity index (χ0n) is 13.4. The van der Waals surface area contributed by atoms with Crippen LogP contribution in [0.5, 0.6) is 0 Å². The summed E-state index contributed by atoms with van der Waals surface area (Å²) in [6.45, 7) is 9.99. The van der Waals surface area contributed by atoms with Gasteiger partial charge in [-0.15, -0.1) is 0 Å². The average Bonchev–Trinajstić information content (AvgIpc) is 2.88. The Balaban J connectivity index is 3.11. The lowest BCUT2D eigenvalue weighted by molar-refractivity contribution is -0.144. The number of nitrogens with one attached hydrogen (secondary N) is 1. The smallest absolute Gasteiger partial charge is 0.329 e. The molecule has 1 rings (SSSR count). The number of aliphatic carboxylic acids is 1. The topological polar surface area (TPSA) is 84.2 Å². The number of carboxylic acids is 1. The normalized spacial score (nSPS) is 11.7. The van der Waals surface area contributed by atoms with Gasteiger partial charge in [0.05, 0.1) is 5.69 Å². The highest BCUT2D eigenvalue weighted by Crippen LogP contribution is 2.19. The Morgan fingerprint density at radius 3 is 2.29 bits per heavy atom. The minimum atomic E-state index is -1.22. The van der Waals surface area contributed by atoms with Gasteiger partial charge >= 0.3 is 5.97 Å². The van der Waals surface area contributed by atoms with Crippen molar-refractivity contribution in [1.29, 1.82) is 0 Å². The highest BCUT2D eigenvalue weighted by atomic mass is 16.4. The second-order valence-electron chi connectivity index (χ2n) is 5.47. The maximum Gasteiger partial charge on any atom is 0.329 e. The Kier molecular flexibility index (Phi) is 5.52. The first-order valence-corrected chi connectivity index (χ1v) is 7.44. The molecule has 1 aromatic heterocycles. The molecule has 1 heterocycles. The molecule has 2 N–H and O–H groups in total. The first-order valence-electron chi connectivity index (χ1n) is 7.44. The molecule has 0 aromatic carbocycles. The fourth-order valence-electron chi connectivity index (χ4n) is 2.21. The zero-order valence-corrected chi connectivity index (χ0v) is 13.4. The van der Waals surface area contributed by atoms with E-state index in [1.165, 1.54) is 0 Å². The van der Waals surface area contributed by atoms with Gasteiger partial charge < -0.3 is 10.4 Å². The summed E-state index contributed by atoms with van der Waals surface area (Å²) >= 11 is 0. The molecule has 0 saturated carbocycles. The van der Waals surface area contributed by atoms with Gasteiger partial charge in [-0.1, -0.05) is 27.7 Å². The van der Waals surface area contributed by atoms with Crippen molar-refractivity contribution in [1.82, 2.24) is 15.1 Å². The number of aryl methyl sites for hydroxylation is 1. The van der Waals surface area contributed by atoms with Crippen molar-refractivity contribution >= 4 is 11.9 Å². The molecule has 0 spiro atoms. The number of hydrogen-bond acceptors (Lipinski definition) is 3. The Morgan fingerprint density at radius 1 is 1.33 bits per heavy atom. The van der Waals surface area contributed by atoms with E-state index in [1.54, 1.807) is 24.6 Å². The fourth-order valence-corrected chi connectivity index (χ4v) is 2.21. The van der Waals surface area contributed by atoms with E-state index >= 15 is 0 Å². The first kappa shape index (κ1) is 17.2. The van der Waals surface area contributed by atoms with Crippen molar-refractivity contribution in [3.05, 3.63) is 17.5 Å². The SMILES string of the molecule is CCn1nc(C(C)C)cc1C(=O)NC(CC)(CC)C(=O)O. The first-order chi connectivity index (χ1) is 9.81. The second kappa shape index (κ2) is 6.74. The van der Waals surface area contributed by atoms with Crippen LogP contribution in [0.4, 0.5) is 0 Å². The van der Waals surface area contributed by atoms with Crippen molar-refractivity contribution in [2.24, 2.45) is 0 Å². The molecule has 118 valence electrons. The van der Waals surface area contributed by atoms with Gasteiger partial charge in [0.2, 0.25) is 0 Å². The van der Waals surface area contributed by atoms with Gasteiger partial charge in [0, 0.05) is 6.54 Å². The highest BCUT2D eigenvalue weighted by molar-refractivity contribution is 5.96. The largest absolute Gasteiger partial charge is 0.480 e. The molecule has 0 aliphatic carbocycles. The van der Waals surface area contributed by atoms with Crippen LogP contribution in [0.3, 0.4) is 0 Å². The van der Waals surface area contributed by atoms with Gasteiger partial charge in [0.1, 0.15) is 11.2 Å². The number of aromatic nitrogens is 2. The Bertz CT molecular complexity index is 516. The minimum absolute atomic E-state index is 0.214. The molecule has 6 nitrogen and oxygen atoms in total. The molecule has 0 radical (unpaired) electrons. The van der Waals surface area contributed by atoms with Gasteiger partial charge in [-0.25, -0.2) is 4.79 Å². The van der Waals surface area contributed by atoms with E-state index in [4.69, 9.17) is 0 Å². The molecule has 21 heavy (non-hydrogen) atoms. The maximum atomic E-state index is 12.5. The van der Waals surface area contributed by atoms with E-state index in [9.17, 15) is 14.7 Å². The predicted octanol–water partition coefficient (Wildman–Crippen LogP) is 2.40. The molecule has 0 unspecified atom stereocenters. The summed E-state index contributed by atoms with van der Waals surface area (Å²) < 4.78 is 1.61.